The third-order valence-corrected chi connectivity index (χ3v) is 6.76. The van der Waals surface area contributed by atoms with Gasteiger partial charge in [-0.05, 0) is 38.5 Å². The van der Waals surface area contributed by atoms with Crippen LogP contribution in [0, 0.1) is 0 Å². The molecule has 0 unspecified atom stereocenters. The number of rotatable bonds is 27. The van der Waals surface area contributed by atoms with E-state index in [0.29, 0.717) is 25.7 Å². The van der Waals surface area contributed by atoms with Gasteiger partial charge in [0, 0.05) is 12.8 Å². The minimum Gasteiger partial charge on any atom is -0.462 e. The molecule has 0 aromatic rings. The van der Waals surface area contributed by atoms with Crippen molar-refractivity contribution >= 4 is 11.9 Å². The minimum absolute atomic E-state index is 0.111. The summed E-state index contributed by atoms with van der Waals surface area (Å²) in [5.41, 5.74) is 0. The van der Waals surface area contributed by atoms with Gasteiger partial charge in [-0.25, -0.2) is 0 Å². The number of aliphatic hydroxyl groups excluding tert-OH is 3. The summed E-state index contributed by atoms with van der Waals surface area (Å²) in [6, 6.07) is 0. The van der Waals surface area contributed by atoms with Crippen LogP contribution in [0.25, 0.3) is 0 Å². The lowest BCUT2D eigenvalue weighted by molar-refractivity contribution is -0.161. The largest absolute Gasteiger partial charge is 0.462 e. The highest BCUT2D eigenvalue weighted by atomic mass is 16.6. The highest BCUT2D eigenvalue weighted by Crippen LogP contribution is 2.14. The molecule has 0 aliphatic heterocycles. The van der Waals surface area contributed by atoms with Crippen molar-refractivity contribution in [1.29, 1.82) is 0 Å². The van der Waals surface area contributed by atoms with Crippen LogP contribution in [0.1, 0.15) is 142 Å². The molecule has 0 aromatic heterocycles. The van der Waals surface area contributed by atoms with Crippen molar-refractivity contribution in [3.8, 4) is 0 Å². The fourth-order valence-corrected chi connectivity index (χ4v) is 4.22. The molecule has 0 fully saturated rings. The number of carbonyl (C=O) groups excluding carboxylic acids is 2. The highest BCUT2D eigenvalue weighted by Gasteiger charge is 2.16. The Kier molecular flexibility index (Phi) is 26.1. The number of hydrogen-bond donors (Lipinski definition) is 3. The average molecular weight is 543 g/mol. The Labute approximate surface area is 232 Å². The van der Waals surface area contributed by atoms with E-state index in [1.807, 2.05) is 6.08 Å². The SMILES string of the molecule is CCCCC/C=C\C[C@H](O)[C@@H](O)CCCCCCCC(=O)O[C@@H](CO)COC(=O)CCCCCCCCC. The second kappa shape index (κ2) is 27.1. The smallest absolute Gasteiger partial charge is 0.306 e. The minimum atomic E-state index is -0.820. The summed E-state index contributed by atoms with van der Waals surface area (Å²) < 4.78 is 10.4. The van der Waals surface area contributed by atoms with Gasteiger partial charge in [0.2, 0.25) is 0 Å². The summed E-state index contributed by atoms with van der Waals surface area (Å²) in [6.45, 7) is 3.88. The van der Waals surface area contributed by atoms with Crippen LogP contribution < -0.4 is 0 Å². The summed E-state index contributed by atoms with van der Waals surface area (Å²) in [6.07, 6.45) is 20.2. The standard InChI is InChI=1S/C31H58O7/c1-3-5-7-9-11-15-19-23-30(35)37-26-27(25-32)38-31(36)24-20-16-12-14-18-22-29(34)28(33)21-17-13-10-8-6-4-2/h13,17,27-29,32-34H,3-12,14-16,18-26H2,1-2H3/b17-13-/t27-,28-,29-/m0/s1. The average Bonchev–Trinajstić information content (AvgIpc) is 2.91. The molecule has 0 spiro atoms. The second-order valence-electron chi connectivity index (χ2n) is 10.5. The molecule has 0 rings (SSSR count). The third kappa shape index (κ3) is 23.7. The van der Waals surface area contributed by atoms with Crippen LogP contribution in [0.4, 0.5) is 0 Å². The van der Waals surface area contributed by atoms with Crippen LogP contribution >= 0.6 is 0 Å². The van der Waals surface area contributed by atoms with E-state index in [9.17, 15) is 24.9 Å². The molecule has 0 saturated heterocycles. The quantitative estimate of drug-likeness (QED) is 0.0612. The molecule has 7 nitrogen and oxygen atoms in total. The molecule has 0 aromatic carbocycles. The molecule has 0 amide bonds. The van der Waals surface area contributed by atoms with Gasteiger partial charge < -0.3 is 24.8 Å². The van der Waals surface area contributed by atoms with Gasteiger partial charge in [-0.3, -0.25) is 9.59 Å². The Bertz CT molecular complexity index is 579. The first-order valence-corrected chi connectivity index (χ1v) is 15.4. The summed E-state index contributed by atoms with van der Waals surface area (Å²) >= 11 is 0. The third-order valence-electron chi connectivity index (χ3n) is 6.76. The molecule has 224 valence electrons. The van der Waals surface area contributed by atoms with Crippen LogP contribution in [-0.2, 0) is 19.1 Å². The Morgan fingerprint density at radius 1 is 0.684 bits per heavy atom. The first-order chi connectivity index (χ1) is 18.4. The Morgan fingerprint density at radius 2 is 1.24 bits per heavy atom. The summed E-state index contributed by atoms with van der Waals surface area (Å²) in [5.74, 6) is -0.710. The Hall–Kier alpha value is -1.44. The van der Waals surface area contributed by atoms with Gasteiger partial charge in [0.25, 0.3) is 0 Å². The van der Waals surface area contributed by atoms with Crippen molar-refractivity contribution in [2.24, 2.45) is 0 Å². The first kappa shape index (κ1) is 36.6. The molecular formula is C31H58O7. The van der Waals surface area contributed by atoms with E-state index in [2.05, 4.69) is 19.9 Å². The molecule has 0 bridgehead atoms. The van der Waals surface area contributed by atoms with E-state index in [-0.39, 0.29) is 25.6 Å². The highest BCUT2D eigenvalue weighted by molar-refractivity contribution is 5.70. The molecule has 0 radical (unpaired) electrons. The van der Waals surface area contributed by atoms with E-state index < -0.39 is 24.3 Å². The van der Waals surface area contributed by atoms with E-state index >= 15 is 0 Å². The van der Waals surface area contributed by atoms with E-state index in [0.717, 1.165) is 51.4 Å². The second-order valence-corrected chi connectivity index (χ2v) is 10.5. The van der Waals surface area contributed by atoms with Crippen molar-refractivity contribution in [2.45, 2.75) is 161 Å². The number of unbranched alkanes of at least 4 members (excludes halogenated alkanes) is 13. The molecule has 0 saturated carbocycles. The van der Waals surface area contributed by atoms with Crippen LogP contribution in [0.15, 0.2) is 12.2 Å². The van der Waals surface area contributed by atoms with Gasteiger partial charge in [-0.2, -0.15) is 0 Å². The maximum atomic E-state index is 12.0. The molecule has 0 aliphatic carbocycles. The molecule has 3 atom stereocenters. The van der Waals surface area contributed by atoms with Gasteiger partial charge in [0.1, 0.15) is 6.61 Å². The van der Waals surface area contributed by atoms with Crippen LogP contribution in [0.3, 0.4) is 0 Å². The Morgan fingerprint density at radius 3 is 1.87 bits per heavy atom. The van der Waals surface area contributed by atoms with Gasteiger partial charge >= 0.3 is 11.9 Å². The maximum Gasteiger partial charge on any atom is 0.306 e. The number of carbonyl (C=O) groups is 2. The number of allylic oxidation sites excluding steroid dienone is 1. The number of aliphatic hydroxyl groups is 3. The summed E-state index contributed by atoms with van der Waals surface area (Å²) in [4.78, 5) is 23.9. The molecular weight excluding hydrogens is 484 g/mol. The van der Waals surface area contributed by atoms with Crippen LogP contribution in [0.5, 0.6) is 0 Å². The van der Waals surface area contributed by atoms with Gasteiger partial charge in [-0.1, -0.05) is 103 Å². The molecule has 0 heterocycles. The Balaban J connectivity index is 3.76. The zero-order chi connectivity index (χ0) is 28.3. The van der Waals surface area contributed by atoms with Crippen molar-refractivity contribution in [3.05, 3.63) is 12.2 Å². The van der Waals surface area contributed by atoms with E-state index in [1.165, 1.54) is 44.9 Å². The van der Waals surface area contributed by atoms with Gasteiger partial charge in [0.15, 0.2) is 6.10 Å². The lowest BCUT2D eigenvalue weighted by Gasteiger charge is -2.16. The predicted molar refractivity (Wildman–Crippen MR) is 153 cm³/mol. The number of ether oxygens (including phenoxy) is 2. The van der Waals surface area contributed by atoms with Gasteiger partial charge in [0.05, 0.1) is 18.8 Å². The predicted octanol–water partition coefficient (Wildman–Crippen LogP) is 6.55. The van der Waals surface area contributed by atoms with Crippen molar-refractivity contribution in [3.63, 3.8) is 0 Å². The summed E-state index contributed by atoms with van der Waals surface area (Å²) in [7, 11) is 0. The summed E-state index contributed by atoms with van der Waals surface area (Å²) in [5, 5.41) is 29.6. The monoisotopic (exact) mass is 542 g/mol. The molecule has 0 aliphatic rings. The first-order valence-electron chi connectivity index (χ1n) is 15.4. The fraction of sp³-hybridized carbons (Fsp3) is 0.871. The fourth-order valence-electron chi connectivity index (χ4n) is 4.22. The van der Waals surface area contributed by atoms with Gasteiger partial charge in [-0.15, -0.1) is 0 Å². The zero-order valence-electron chi connectivity index (χ0n) is 24.4. The number of hydrogen-bond acceptors (Lipinski definition) is 7. The zero-order valence-corrected chi connectivity index (χ0v) is 24.4. The van der Waals surface area contributed by atoms with Crippen molar-refractivity contribution in [1.82, 2.24) is 0 Å². The lowest BCUT2D eigenvalue weighted by Crippen LogP contribution is -2.28. The van der Waals surface area contributed by atoms with Crippen LogP contribution in [0.2, 0.25) is 0 Å². The molecule has 7 heteroatoms. The maximum absolute atomic E-state index is 12.0. The normalized spacial score (nSPS) is 13.9. The van der Waals surface area contributed by atoms with E-state index in [4.69, 9.17) is 9.47 Å². The van der Waals surface area contributed by atoms with Crippen LogP contribution in [-0.4, -0.2) is 58.8 Å². The lowest BCUT2D eigenvalue weighted by atomic mass is 10.0. The topological polar surface area (TPSA) is 113 Å². The van der Waals surface area contributed by atoms with Crippen molar-refractivity contribution in [2.75, 3.05) is 13.2 Å². The molecule has 38 heavy (non-hydrogen) atoms. The number of esters is 2. The van der Waals surface area contributed by atoms with E-state index in [1.54, 1.807) is 0 Å². The van der Waals surface area contributed by atoms with Crippen molar-refractivity contribution < 1.29 is 34.4 Å². The molecule has 3 N–H and O–H groups in total.